The first-order valence-corrected chi connectivity index (χ1v) is 7.74. The molecule has 3 aromatic rings. The Morgan fingerprint density at radius 3 is 2.23 bits per heavy atom. The van der Waals surface area contributed by atoms with Crippen LogP contribution in [-0.4, -0.2) is 32.3 Å². The van der Waals surface area contributed by atoms with Gasteiger partial charge in [0.2, 0.25) is 5.75 Å². The van der Waals surface area contributed by atoms with Crippen molar-refractivity contribution in [2.75, 3.05) is 27.1 Å². The number of hydrogen-bond donors (Lipinski definition) is 1. The van der Waals surface area contributed by atoms with Crippen LogP contribution in [0.4, 0.5) is 5.82 Å². The minimum absolute atomic E-state index is 0.250. The van der Waals surface area contributed by atoms with E-state index in [0.29, 0.717) is 34.3 Å². The van der Waals surface area contributed by atoms with E-state index in [1.54, 1.807) is 18.2 Å². The van der Waals surface area contributed by atoms with Crippen LogP contribution in [0.3, 0.4) is 0 Å². The second kappa shape index (κ2) is 7.18. The maximum Gasteiger partial charge on any atom is 0.343 e. The molecule has 2 N–H and O–H groups in total. The van der Waals surface area contributed by atoms with Crippen LogP contribution in [0.15, 0.2) is 42.5 Å². The third-order valence-electron chi connectivity index (χ3n) is 3.81. The Morgan fingerprint density at radius 1 is 0.923 bits per heavy atom. The number of carbonyl (C=O) groups excluding carboxylic acids is 1. The third kappa shape index (κ3) is 3.19. The maximum atomic E-state index is 12.6. The first-order chi connectivity index (χ1) is 12.6. The summed E-state index contributed by atoms with van der Waals surface area (Å²) >= 11 is 0. The van der Waals surface area contributed by atoms with E-state index in [4.69, 9.17) is 24.7 Å². The van der Waals surface area contributed by atoms with E-state index < -0.39 is 5.97 Å². The molecular weight excluding hydrogens is 336 g/mol. The molecule has 0 saturated carbocycles. The van der Waals surface area contributed by atoms with E-state index in [-0.39, 0.29) is 5.56 Å². The molecular formula is C19H18N2O5. The quantitative estimate of drug-likeness (QED) is 0.556. The maximum absolute atomic E-state index is 12.6. The number of pyridine rings is 1. The molecule has 26 heavy (non-hydrogen) atoms. The summed E-state index contributed by atoms with van der Waals surface area (Å²) in [6.07, 6.45) is 0. The Balaban J connectivity index is 2.00. The van der Waals surface area contributed by atoms with Crippen molar-refractivity contribution in [1.82, 2.24) is 4.98 Å². The van der Waals surface area contributed by atoms with Crippen LogP contribution in [0, 0.1) is 0 Å². The van der Waals surface area contributed by atoms with Gasteiger partial charge in [-0.25, -0.2) is 9.78 Å². The van der Waals surface area contributed by atoms with Crippen molar-refractivity contribution in [3.05, 3.63) is 48.0 Å². The topological polar surface area (TPSA) is 92.9 Å². The van der Waals surface area contributed by atoms with E-state index >= 15 is 0 Å². The van der Waals surface area contributed by atoms with Gasteiger partial charge >= 0.3 is 5.97 Å². The molecule has 0 fully saturated rings. The lowest BCUT2D eigenvalue weighted by atomic mass is 10.1. The molecule has 0 aliphatic rings. The minimum Gasteiger partial charge on any atom is -0.493 e. The van der Waals surface area contributed by atoms with Gasteiger partial charge in [0, 0.05) is 5.39 Å². The van der Waals surface area contributed by atoms with Gasteiger partial charge in [0.05, 0.1) is 26.9 Å². The highest BCUT2D eigenvalue weighted by Gasteiger charge is 2.19. The van der Waals surface area contributed by atoms with Gasteiger partial charge in [-0.2, -0.15) is 0 Å². The lowest BCUT2D eigenvalue weighted by Crippen LogP contribution is -2.10. The van der Waals surface area contributed by atoms with Crippen molar-refractivity contribution < 1.29 is 23.7 Å². The molecule has 0 aliphatic heterocycles. The lowest BCUT2D eigenvalue weighted by molar-refractivity contribution is 0.0736. The van der Waals surface area contributed by atoms with Gasteiger partial charge in [0.1, 0.15) is 11.3 Å². The molecule has 3 rings (SSSR count). The zero-order chi connectivity index (χ0) is 18.7. The number of benzene rings is 2. The van der Waals surface area contributed by atoms with Crippen molar-refractivity contribution in [1.29, 1.82) is 0 Å². The molecule has 0 saturated heterocycles. The Bertz CT molecular complexity index is 946. The van der Waals surface area contributed by atoms with Gasteiger partial charge in [-0.05, 0) is 30.3 Å². The normalized spacial score (nSPS) is 10.4. The number of para-hydroxylation sites is 1. The highest BCUT2D eigenvalue weighted by atomic mass is 16.5. The monoisotopic (exact) mass is 354 g/mol. The minimum atomic E-state index is -0.582. The Labute approximate surface area is 150 Å². The summed E-state index contributed by atoms with van der Waals surface area (Å²) < 4.78 is 21.3. The molecule has 134 valence electrons. The van der Waals surface area contributed by atoms with Crippen LogP contribution in [0.2, 0.25) is 0 Å². The number of hydrogen-bond acceptors (Lipinski definition) is 7. The van der Waals surface area contributed by atoms with E-state index in [2.05, 4.69) is 4.98 Å². The fourth-order valence-electron chi connectivity index (χ4n) is 2.58. The zero-order valence-electron chi connectivity index (χ0n) is 14.6. The van der Waals surface area contributed by atoms with Crippen LogP contribution >= 0.6 is 0 Å². The summed E-state index contributed by atoms with van der Waals surface area (Å²) in [5.74, 6) is 1.19. The molecule has 7 heteroatoms. The molecule has 0 bridgehead atoms. The van der Waals surface area contributed by atoms with E-state index in [1.807, 2.05) is 12.1 Å². The smallest absolute Gasteiger partial charge is 0.343 e. The van der Waals surface area contributed by atoms with Gasteiger partial charge < -0.3 is 24.7 Å². The molecule has 7 nitrogen and oxygen atoms in total. The van der Waals surface area contributed by atoms with Crippen molar-refractivity contribution in [3.63, 3.8) is 0 Å². The average Bonchev–Trinajstić information content (AvgIpc) is 2.67. The van der Waals surface area contributed by atoms with Gasteiger partial charge in [-0.15, -0.1) is 0 Å². The van der Waals surface area contributed by atoms with Crippen LogP contribution in [0.1, 0.15) is 10.4 Å². The van der Waals surface area contributed by atoms with Gasteiger partial charge in [-0.3, -0.25) is 0 Å². The van der Waals surface area contributed by atoms with Gasteiger partial charge in [0.15, 0.2) is 17.2 Å². The Kier molecular flexibility index (Phi) is 4.79. The average molecular weight is 354 g/mol. The van der Waals surface area contributed by atoms with Gasteiger partial charge in [0.25, 0.3) is 0 Å². The fraction of sp³-hybridized carbons (Fsp3) is 0.158. The summed E-state index contributed by atoms with van der Waals surface area (Å²) in [5, 5.41) is 0.814. The second-order valence-electron chi connectivity index (χ2n) is 5.37. The van der Waals surface area contributed by atoms with Crippen molar-refractivity contribution in [3.8, 4) is 23.0 Å². The van der Waals surface area contributed by atoms with E-state index in [1.165, 1.54) is 33.5 Å². The molecule has 0 radical (unpaired) electrons. The third-order valence-corrected chi connectivity index (χ3v) is 3.81. The number of carbonyl (C=O) groups is 1. The van der Waals surface area contributed by atoms with Gasteiger partial charge in [-0.1, -0.05) is 12.1 Å². The Hall–Kier alpha value is -3.48. The summed E-state index contributed by atoms with van der Waals surface area (Å²) in [6.45, 7) is 0. The molecule has 0 aliphatic carbocycles. The SMILES string of the molecule is COc1cc(C(=O)Oc2cccc3ccc(N)nc23)cc(OC)c1OC. The van der Waals surface area contributed by atoms with E-state index in [0.717, 1.165) is 5.39 Å². The van der Waals surface area contributed by atoms with Crippen molar-refractivity contribution in [2.24, 2.45) is 0 Å². The van der Waals surface area contributed by atoms with Crippen LogP contribution in [0.25, 0.3) is 10.9 Å². The zero-order valence-corrected chi connectivity index (χ0v) is 14.6. The predicted octanol–water partition coefficient (Wildman–Crippen LogP) is 3.06. The highest BCUT2D eigenvalue weighted by molar-refractivity contribution is 5.95. The number of fused-ring (bicyclic) bond motifs is 1. The molecule has 2 aromatic carbocycles. The Morgan fingerprint density at radius 2 is 1.62 bits per heavy atom. The highest BCUT2D eigenvalue weighted by Crippen LogP contribution is 2.38. The first kappa shape index (κ1) is 17.3. The molecule has 0 spiro atoms. The summed E-state index contributed by atoms with van der Waals surface area (Å²) in [6, 6.07) is 11.8. The number of ether oxygens (including phenoxy) is 4. The second-order valence-corrected chi connectivity index (χ2v) is 5.37. The molecule has 0 atom stereocenters. The summed E-state index contributed by atoms with van der Waals surface area (Å²) in [7, 11) is 4.44. The van der Waals surface area contributed by atoms with Crippen molar-refractivity contribution >= 4 is 22.7 Å². The molecule has 0 unspecified atom stereocenters. The number of esters is 1. The lowest BCUT2D eigenvalue weighted by Gasteiger charge is -2.14. The number of anilines is 1. The fourth-order valence-corrected chi connectivity index (χ4v) is 2.58. The number of nitrogen functional groups attached to an aromatic ring is 1. The van der Waals surface area contributed by atoms with Crippen LogP contribution in [-0.2, 0) is 0 Å². The van der Waals surface area contributed by atoms with E-state index in [9.17, 15) is 4.79 Å². The predicted molar refractivity (Wildman–Crippen MR) is 97.2 cm³/mol. The number of nitrogens with two attached hydrogens (primary N) is 1. The largest absolute Gasteiger partial charge is 0.493 e. The van der Waals surface area contributed by atoms with Crippen molar-refractivity contribution in [2.45, 2.75) is 0 Å². The number of methoxy groups -OCH3 is 3. The summed E-state index contributed by atoms with van der Waals surface area (Å²) in [5.41, 5.74) is 6.50. The molecule has 1 aromatic heterocycles. The van der Waals surface area contributed by atoms with Crippen LogP contribution in [0.5, 0.6) is 23.0 Å². The number of nitrogens with zero attached hydrogens (tertiary/aromatic N) is 1. The standard InChI is InChI=1S/C19H18N2O5/c1-23-14-9-12(10-15(24-2)18(14)25-3)19(22)26-13-6-4-5-11-7-8-16(20)21-17(11)13/h4-10H,1-3H3,(H2,20,21). The van der Waals surface area contributed by atoms with Crippen LogP contribution < -0.4 is 24.7 Å². The molecule has 0 amide bonds. The number of aromatic nitrogens is 1. The first-order valence-electron chi connectivity index (χ1n) is 7.74. The molecule has 1 heterocycles. The number of rotatable bonds is 5. The summed E-state index contributed by atoms with van der Waals surface area (Å²) in [4.78, 5) is 16.9.